The van der Waals surface area contributed by atoms with Crippen LogP contribution in [-0.2, 0) is 0 Å². The summed E-state index contributed by atoms with van der Waals surface area (Å²) in [7, 11) is 0. The largest absolute Gasteiger partial charge is 0.395 e. The van der Waals surface area contributed by atoms with Gasteiger partial charge < -0.3 is 10.4 Å². The normalized spacial score (nSPS) is 14.8. The van der Waals surface area contributed by atoms with Gasteiger partial charge >= 0.3 is 0 Å². The molecule has 16 heavy (non-hydrogen) atoms. The molecule has 0 fully saturated rings. The number of hydrogen-bond donors (Lipinski definition) is 2. The van der Waals surface area contributed by atoms with Crippen LogP contribution in [0.15, 0.2) is 22.7 Å². The fraction of sp³-hybridized carbons (Fsp3) is 0.500. The van der Waals surface area contributed by atoms with Crippen LogP contribution in [0.3, 0.4) is 0 Å². The van der Waals surface area contributed by atoms with Gasteiger partial charge in [0, 0.05) is 12.1 Å². The molecule has 2 unspecified atom stereocenters. The number of aliphatic hydroxyl groups is 1. The molecule has 1 aromatic carbocycles. The summed E-state index contributed by atoms with van der Waals surface area (Å²) in [5.74, 6) is -0.259. The average molecular weight is 290 g/mol. The fourth-order valence-corrected chi connectivity index (χ4v) is 1.93. The molecule has 2 atom stereocenters. The minimum Gasteiger partial charge on any atom is -0.395 e. The van der Waals surface area contributed by atoms with E-state index in [1.807, 2.05) is 13.8 Å². The summed E-state index contributed by atoms with van der Waals surface area (Å²) >= 11 is 3.16. The summed E-state index contributed by atoms with van der Waals surface area (Å²) in [5, 5.41) is 12.4. The van der Waals surface area contributed by atoms with Gasteiger partial charge in [0.25, 0.3) is 0 Å². The molecule has 0 spiro atoms. The predicted octanol–water partition coefficient (Wildman–Crippen LogP) is 3.01. The van der Waals surface area contributed by atoms with E-state index in [0.717, 1.165) is 12.0 Å². The van der Waals surface area contributed by atoms with Crippen LogP contribution in [0.2, 0.25) is 0 Å². The maximum atomic E-state index is 13.0. The third kappa shape index (κ3) is 3.54. The Balaban J connectivity index is 2.72. The Kier molecular flexibility index (Phi) is 5.38. The molecule has 2 N–H and O–H groups in total. The van der Waals surface area contributed by atoms with Crippen molar-refractivity contribution in [2.24, 2.45) is 0 Å². The molecule has 0 aliphatic heterocycles. The van der Waals surface area contributed by atoms with Crippen LogP contribution in [0.4, 0.5) is 4.39 Å². The molecule has 0 aromatic heterocycles. The van der Waals surface area contributed by atoms with Crippen molar-refractivity contribution in [3.05, 3.63) is 34.1 Å². The van der Waals surface area contributed by atoms with Crippen molar-refractivity contribution in [3.8, 4) is 0 Å². The van der Waals surface area contributed by atoms with E-state index < -0.39 is 0 Å². The van der Waals surface area contributed by atoms with Gasteiger partial charge in [0.2, 0.25) is 0 Å². The SMILES string of the molecule is CCC(CO)NC(C)c1ccc(F)c(Br)c1. The molecule has 0 saturated heterocycles. The molecule has 2 nitrogen and oxygen atoms in total. The second kappa shape index (κ2) is 6.33. The van der Waals surface area contributed by atoms with Crippen molar-refractivity contribution in [2.75, 3.05) is 6.61 Å². The second-order valence-corrected chi connectivity index (χ2v) is 4.70. The van der Waals surface area contributed by atoms with Crippen LogP contribution < -0.4 is 5.32 Å². The Labute approximate surface area is 104 Å². The van der Waals surface area contributed by atoms with E-state index in [1.54, 1.807) is 12.1 Å². The molecule has 0 amide bonds. The summed E-state index contributed by atoms with van der Waals surface area (Å²) < 4.78 is 13.5. The fourth-order valence-electron chi connectivity index (χ4n) is 1.53. The number of rotatable bonds is 5. The molecule has 0 heterocycles. The van der Waals surface area contributed by atoms with E-state index >= 15 is 0 Å². The first-order chi connectivity index (χ1) is 7.58. The van der Waals surface area contributed by atoms with Gasteiger partial charge in [-0.25, -0.2) is 4.39 Å². The molecular weight excluding hydrogens is 273 g/mol. The Morgan fingerprint density at radius 1 is 1.50 bits per heavy atom. The molecule has 1 rings (SSSR count). The summed E-state index contributed by atoms with van der Waals surface area (Å²) in [6.45, 7) is 4.13. The Hall–Kier alpha value is -0.450. The van der Waals surface area contributed by atoms with Gasteiger partial charge in [0.1, 0.15) is 5.82 Å². The van der Waals surface area contributed by atoms with Crippen LogP contribution >= 0.6 is 15.9 Å². The van der Waals surface area contributed by atoms with E-state index in [9.17, 15) is 4.39 Å². The molecular formula is C12H17BrFNO. The molecule has 0 bridgehead atoms. The van der Waals surface area contributed by atoms with Crippen molar-refractivity contribution in [1.29, 1.82) is 0 Å². The highest BCUT2D eigenvalue weighted by molar-refractivity contribution is 9.10. The summed E-state index contributed by atoms with van der Waals surface area (Å²) in [6.07, 6.45) is 0.864. The quantitative estimate of drug-likeness (QED) is 0.873. The van der Waals surface area contributed by atoms with E-state index in [0.29, 0.717) is 4.47 Å². The summed E-state index contributed by atoms with van der Waals surface area (Å²) in [6, 6.07) is 5.13. The third-order valence-electron chi connectivity index (χ3n) is 2.64. The number of hydrogen-bond acceptors (Lipinski definition) is 2. The Morgan fingerprint density at radius 2 is 2.19 bits per heavy atom. The van der Waals surface area contributed by atoms with Gasteiger partial charge in [-0.15, -0.1) is 0 Å². The van der Waals surface area contributed by atoms with Gasteiger partial charge in [-0.3, -0.25) is 0 Å². The van der Waals surface area contributed by atoms with Crippen LogP contribution in [0.5, 0.6) is 0 Å². The highest BCUT2D eigenvalue weighted by Crippen LogP contribution is 2.21. The first-order valence-corrected chi connectivity index (χ1v) is 6.19. The lowest BCUT2D eigenvalue weighted by molar-refractivity contribution is 0.230. The van der Waals surface area contributed by atoms with Crippen LogP contribution in [0.1, 0.15) is 31.9 Å². The van der Waals surface area contributed by atoms with Crippen molar-refractivity contribution >= 4 is 15.9 Å². The highest BCUT2D eigenvalue weighted by atomic mass is 79.9. The lowest BCUT2D eigenvalue weighted by Gasteiger charge is -2.21. The van der Waals surface area contributed by atoms with E-state index in [-0.39, 0.29) is 24.5 Å². The first kappa shape index (κ1) is 13.6. The number of halogens is 2. The second-order valence-electron chi connectivity index (χ2n) is 3.85. The van der Waals surface area contributed by atoms with Gasteiger partial charge in [0.15, 0.2) is 0 Å². The number of aliphatic hydroxyl groups excluding tert-OH is 1. The van der Waals surface area contributed by atoms with Gasteiger partial charge in [-0.2, -0.15) is 0 Å². The van der Waals surface area contributed by atoms with Gasteiger partial charge in [-0.05, 0) is 47.0 Å². The van der Waals surface area contributed by atoms with Crippen molar-refractivity contribution in [1.82, 2.24) is 5.32 Å². The Morgan fingerprint density at radius 3 is 2.69 bits per heavy atom. The molecule has 0 aliphatic carbocycles. The van der Waals surface area contributed by atoms with Crippen molar-refractivity contribution < 1.29 is 9.50 Å². The van der Waals surface area contributed by atoms with E-state index in [1.165, 1.54) is 6.07 Å². The van der Waals surface area contributed by atoms with Crippen LogP contribution in [0.25, 0.3) is 0 Å². The molecule has 0 aliphatic rings. The lowest BCUT2D eigenvalue weighted by Crippen LogP contribution is -2.33. The Bertz CT molecular complexity index is 342. The first-order valence-electron chi connectivity index (χ1n) is 5.40. The van der Waals surface area contributed by atoms with E-state index in [4.69, 9.17) is 5.11 Å². The highest BCUT2D eigenvalue weighted by Gasteiger charge is 2.12. The zero-order chi connectivity index (χ0) is 12.1. The molecule has 4 heteroatoms. The molecule has 1 aromatic rings. The molecule has 90 valence electrons. The zero-order valence-electron chi connectivity index (χ0n) is 9.50. The maximum Gasteiger partial charge on any atom is 0.137 e. The lowest BCUT2D eigenvalue weighted by atomic mass is 10.1. The van der Waals surface area contributed by atoms with Crippen LogP contribution in [-0.4, -0.2) is 17.8 Å². The van der Waals surface area contributed by atoms with Crippen LogP contribution in [0, 0.1) is 5.82 Å². The maximum absolute atomic E-state index is 13.0. The van der Waals surface area contributed by atoms with Gasteiger partial charge in [0.05, 0.1) is 11.1 Å². The van der Waals surface area contributed by atoms with E-state index in [2.05, 4.69) is 21.2 Å². The monoisotopic (exact) mass is 289 g/mol. The number of benzene rings is 1. The topological polar surface area (TPSA) is 32.3 Å². The minimum absolute atomic E-state index is 0.0822. The third-order valence-corrected chi connectivity index (χ3v) is 3.25. The summed E-state index contributed by atoms with van der Waals surface area (Å²) in [4.78, 5) is 0. The smallest absolute Gasteiger partial charge is 0.137 e. The predicted molar refractivity (Wildman–Crippen MR) is 66.8 cm³/mol. The minimum atomic E-state index is -0.259. The number of nitrogens with one attached hydrogen (secondary N) is 1. The molecule has 0 saturated carbocycles. The van der Waals surface area contributed by atoms with Gasteiger partial charge in [-0.1, -0.05) is 13.0 Å². The van der Waals surface area contributed by atoms with Crippen molar-refractivity contribution in [2.45, 2.75) is 32.4 Å². The standard InChI is InChI=1S/C12H17BrFNO/c1-3-10(7-16)15-8(2)9-4-5-12(14)11(13)6-9/h4-6,8,10,15-16H,3,7H2,1-2H3. The van der Waals surface area contributed by atoms with Crippen molar-refractivity contribution in [3.63, 3.8) is 0 Å². The zero-order valence-corrected chi connectivity index (χ0v) is 11.1. The average Bonchev–Trinajstić information content (AvgIpc) is 2.29. The summed E-state index contributed by atoms with van der Waals surface area (Å²) in [5.41, 5.74) is 1.00. The molecule has 0 radical (unpaired) electrons.